The van der Waals surface area contributed by atoms with Crippen LogP contribution >= 0.6 is 17.0 Å². The van der Waals surface area contributed by atoms with Crippen molar-refractivity contribution >= 4 is 44.0 Å². The molecule has 0 N–H and O–H groups in total. The van der Waals surface area contributed by atoms with E-state index >= 15 is 0 Å². The monoisotopic (exact) mass is 904 g/mol. The zero-order chi connectivity index (χ0) is 41.5. The van der Waals surface area contributed by atoms with Crippen LogP contribution in [0, 0.1) is 11.8 Å². The molecule has 2 aliphatic rings. The van der Waals surface area contributed by atoms with Gasteiger partial charge in [-0.15, -0.1) is 69.1 Å². The van der Waals surface area contributed by atoms with E-state index in [2.05, 4.69) is 164 Å². The molecule has 58 heavy (non-hydrogen) atoms. The third kappa shape index (κ3) is 12.4. The quantitative estimate of drug-likeness (QED) is 0.115. The maximum absolute atomic E-state index is 5.62. The van der Waals surface area contributed by atoms with E-state index in [4.69, 9.17) is 17.0 Å². The van der Waals surface area contributed by atoms with E-state index in [-0.39, 0.29) is 16.3 Å². The average molecular weight is 907 g/mol. The van der Waals surface area contributed by atoms with Crippen molar-refractivity contribution in [1.29, 1.82) is 0 Å². The van der Waals surface area contributed by atoms with Crippen LogP contribution in [0.25, 0.3) is 43.8 Å². The second-order valence-corrected chi connectivity index (χ2v) is 42.7. The minimum absolute atomic E-state index is 0.206. The number of fused-ring (bicyclic) bond motifs is 2. The summed E-state index contributed by atoms with van der Waals surface area (Å²) in [7, 11) is 11.2. The molecule has 0 atom stereocenters. The molecule has 0 heterocycles. The van der Waals surface area contributed by atoms with Crippen molar-refractivity contribution in [3.8, 4) is 22.3 Å². The van der Waals surface area contributed by atoms with Crippen molar-refractivity contribution in [1.82, 2.24) is 0 Å². The van der Waals surface area contributed by atoms with Gasteiger partial charge in [0, 0.05) is 0 Å². The van der Waals surface area contributed by atoms with Crippen LogP contribution in [0.3, 0.4) is 0 Å². The summed E-state index contributed by atoms with van der Waals surface area (Å²) in [5.41, 5.74) is 11.5. The predicted molar refractivity (Wildman–Crippen MR) is 257 cm³/mol. The molecular formula is C54H68Cl2SiZr-2. The van der Waals surface area contributed by atoms with Crippen molar-refractivity contribution in [2.24, 2.45) is 11.8 Å². The van der Waals surface area contributed by atoms with E-state index in [0.717, 1.165) is 11.8 Å². The first-order chi connectivity index (χ1) is 27.7. The van der Waals surface area contributed by atoms with E-state index in [1.54, 1.807) is 0 Å². The number of hydrogen-bond acceptors (Lipinski definition) is 0. The van der Waals surface area contributed by atoms with Crippen molar-refractivity contribution in [3.05, 3.63) is 131 Å². The van der Waals surface area contributed by atoms with Gasteiger partial charge in [-0.25, -0.2) is 0 Å². The average Bonchev–Trinajstić information content (AvgIpc) is 3.82. The molecule has 0 nitrogen and oxygen atoms in total. The molecule has 8 rings (SSSR count). The van der Waals surface area contributed by atoms with E-state index in [1.165, 1.54) is 143 Å². The van der Waals surface area contributed by atoms with Crippen molar-refractivity contribution in [2.45, 2.75) is 143 Å². The summed E-state index contributed by atoms with van der Waals surface area (Å²) < 4.78 is 0. The molecule has 0 bridgehead atoms. The molecule has 0 saturated heterocycles. The second-order valence-electron chi connectivity index (χ2n) is 19.7. The SMILES string of the molecule is CC(C)(C)c1ccc(-c2cccc3[cH-]c(CC4CCCCC4)cc23)cc1.CC(C)(C)c1ccc(-c2cccc3[cH-]c(CC4CCCCC4)cc23)cc1.C[Si](C)=[Zr]([Cl])[Cl]. The van der Waals surface area contributed by atoms with Gasteiger partial charge in [0.25, 0.3) is 0 Å². The molecular weight excluding hydrogens is 839 g/mol. The van der Waals surface area contributed by atoms with Crippen LogP contribution in [-0.2, 0) is 41.7 Å². The Morgan fingerprint density at radius 3 is 1.19 bits per heavy atom. The molecule has 0 spiro atoms. The summed E-state index contributed by atoms with van der Waals surface area (Å²) in [6.07, 6.45) is 16.8. The van der Waals surface area contributed by atoms with Crippen LogP contribution in [-0.4, -0.2) is 5.43 Å². The predicted octanol–water partition coefficient (Wildman–Crippen LogP) is 17.5. The Morgan fingerprint density at radius 2 is 0.879 bits per heavy atom. The van der Waals surface area contributed by atoms with Gasteiger partial charge in [0.15, 0.2) is 0 Å². The Morgan fingerprint density at radius 1 is 0.534 bits per heavy atom. The topological polar surface area (TPSA) is 0 Å². The molecule has 2 saturated carbocycles. The van der Waals surface area contributed by atoms with Crippen LogP contribution in [0.1, 0.15) is 128 Å². The fraction of sp³-hybridized carbons (Fsp3) is 0.444. The van der Waals surface area contributed by atoms with Crippen molar-refractivity contribution < 1.29 is 18.0 Å². The van der Waals surface area contributed by atoms with Crippen molar-refractivity contribution in [3.63, 3.8) is 0 Å². The van der Waals surface area contributed by atoms with Crippen LogP contribution < -0.4 is 0 Å². The summed E-state index contributed by atoms with van der Waals surface area (Å²) in [6.45, 7) is 18.0. The minimum atomic E-state index is -1.65. The summed E-state index contributed by atoms with van der Waals surface area (Å²) in [5, 5.41) is 5.63. The third-order valence-electron chi connectivity index (χ3n) is 12.6. The Bertz CT molecular complexity index is 2070. The normalized spacial score (nSPS) is 15.4. The Labute approximate surface area is 367 Å². The number of halogens is 2. The van der Waals surface area contributed by atoms with Crippen LogP contribution in [0.5, 0.6) is 0 Å². The van der Waals surface area contributed by atoms with E-state index in [9.17, 15) is 0 Å². The molecule has 2 aliphatic carbocycles. The Balaban J connectivity index is 0.000000172. The molecule has 0 aromatic heterocycles. The second kappa shape index (κ2) is 20.6. The first-order valence-electron chi connectivity index (χ1n) is 22.2. The fourth-order valence-electron chi connectivity index (χ4n) is 9.08. The number of benzene rings is 4. The fourth-order valence-corrected chi connectivity index (χ4v) is 9.08. The van der Waals surface area contributed by atoms with Crippen LogP contribution in [0.4, 0.5) is 0 Å². The van der Waals surface area contributed by atoms with Gasteiger partial charge in [0.05, 0.1) is 0 Å². The summed E-state index contributed by atoms with van der Waals surface area (Å²) in [4.78, 5) is 0. The van der Waals surface area contributed by atoms with E-state index < -0.39 is 18.0 Å². The molecule has 308 valence electrons. The Hall–Kier alpha value is -2.22. The molecule has 0 amide bonds. The third-order valence-corrected chi connectivity index (χ3v) is 32.4. The van der Waals surface area contributed by atoms with Gasteiger partial charge in [-0.05, 0) is 57.8 Å². The number of rotatable bonds is 6. The number of hydrogen-bond donors (Lipinski definition) is 0. The van der Waals surface area contributed by atoms with E-state index in [0.29, 0.717) is 0 Å². The molecule has 2 fully saturated rings. The van der Waals surface area contributed by atoms with Gasteiger partial charge < -0.3 is 0 Å². The van der Waals surface area contributed by atoms with Gasteiger partial charge in [0.1, 0.15) is 0 Å². The van der Waals surface area contributed by atoms with Gasteiger partial charge in [-0.3, -0.25) is 0 Å². The first kappa shape index (κ1) is 45.3. The summed E-state index contributed by atoms with van der Waals surface area (Å²) in [6, 6.07) is 41.6. The van der Waals surface area contributed by atoms with Crippen molar-refractivity contribution in [2.75, 3.05) is 0 Å². The summed E-state index contributed by atoms with van der Waals surface area (Å²) >= 11 is -1.65. The van der Waals surface area contributed by atoms with Gasteiger partial charge in [-0.2, -0.15) is 12.1 Å². The van der Waals surface area contributed by atoms with Gasteiger partial charge >= 0.3 is 53.5 Å². The summed E-state index contributed by atoms with van der Waals surface area (Å²) in [5.74, 6) is 1.80. The van der Waals surface area contributed by atoms with Gasteiger partial charge in [-0.1, -0.05) is 178 Å². The van der Waals surface area contributed by atoms with Crippen LogP contribution in [0.2, 0.25) is 13.1 Å². The zero-order valence-corrected chi connectivity index (χ0v) is 41.8. The molecule has 0 aliphatic heterocycles. The standard InChI is InChI=1S/2C26H31.C2H6Si.2ClH.Zr/c2*1-26(2,3)23-14-12-21(13-15-23)24-11-7-10-22-17-20(18-25(22)24)16-19-8-5-4-6-9-19;1-3-2;;;/h2*7,10-15,17-19H,4-6,8-9,16H2,1-3H3;1-2H3;2*1H;/q2*-1;;;;+2/p-2. The molecule has 6 aromatic carbocycles. The van der Waals surface area contributed by atoms with Gasteiger partial charge in [0.2, 0.25) is 0 Å². The molecule has 6 aromatic rings. The maximum atomic E-state index is 5.62. The van der Waals surface area contributed by atoms with Crippen LogP contribution in [0.15, 0.2) is 109 Å². The van der Waals surface area contributed by atoms with E-state index in [1.807, 2.05) is 0 Å². The molecule has 0 unspecified atom stereocenters. The molecule has 4 heteroatoms. The first-order valence-corrected chi connectivity index (χ1v) is 34.7. The zero-order valence-electron chi connectivity index (χ0n) is 36.8. The molecule has 0 radical (unpaired) electrons. The Kier molecular flexibility index (Phi) is 16.1.